The summed E-state index contributed by atoms with van der Waals surface area (Å²) in [5.74, 6) is 0.953. The van der Waals surface area contributed by atoms with E-state index in [9.17, 15) is 4.79 Å². The van der Waals surface area contributed by atoms with E-state index >= 15 is 0 Å². The highest BCUT2D eigenvalue weighted by atomic mass is 16.5. The topological polar surface area (TPSA) is 92.8 Å². The average Bonchev–Trinajstić information content (AvgIpc) is 3.43. The summed E-state index contributed by atoms with van der Waals surface area (Å²) >= 11 is 0. The van der Waals surface area contributed by atoms with Crippen LogP contribution >= 0.6 is 0 Å². The summed E-state index contributed by atoms with van der Waals surface area (Å²) in [6, 6.07) is 14.7. The highest BCUT2D eigenvalue weighted by Gasteiger charge is 2.30. The first-order valence-electron chi connectivity index (χ1n) is 12.8. The van der Waals surface area contributed by atoms with Crippen LogP contribution in [0.3, 0.4) is 0 Å². The number of rotatable bonds is 4. The summed E-state index contributed by atoms with van der Waals surface area (Å²) in [6.07, 6.45) is 2.61. The molecule has 6 rings (SSSR count). The molecule has 3 aromatic heterocycles. The smallest absolute Gasteiger partial charge is 0.330 e. The molecule has 0 bridgehead atoms. The van der Waals surface area contributed by atoms with Crippen LogP contribution in [-0.4, -0.2) is 24.7 Å². The molecule has 8 heteroatoms. The molecule has 0 aliphatic carbocycles. The molecule has 0 saturated heterocycles. The molecule has 1 atom stereocenters. The highest BCUT2D eigenvalue weighted by Crippen LogP contribution is 2.43. The van der Waals surface area contributed by atoms with Gasteiger partial charge in [-0.1, -0.05) is 30.3 Å². The minimum atomic E-state index is -0.547. The van der Waals surface area contributed by atoms with Crippen LogP contribution in [-0.2, 0) is 19.3 Å². The molecule has 0 radical (unpaired) electrons. The van der Waals surface area contributed by atoms with Crippen molar-refractivity contribution in [3.8, 4) is 5.69 Å². The number of anilines is 2. The molecule has 0 fully saturated rings. The Bertz CT molecular complexity index is 1710. The number of hydrogen-bond donors (Lipinski definition) is 1. The lowest BCUT2D eigenvalue weighted by atomic mass is 9.98. The number of fused-ring (bicyclic) bond motifs is 3. The Morgan fingerprint density at radius 3 is 2.57 bits per heavy atom. The fraction of sp³-hybridized carbons (Fsp3) is 0.310. The molecule has 0 saturated carbocycles. The average molecular weight is 495 g/mol. The van der Waals surface area contributed by atoms with E-state index in [4.69, 9.17) is 14.5 Å². The Hall–Kier alpha value is -4.20. The number of benzene rings is 2. The van der Waals surface area contributed by atoms with Crippen molar-refractivity contribution in [1.29, 1.82) is 0 Å². The molecule has 2 aromatic carbocycles. The molecule has 1 unspecified atom stereocenters. The van der Waals surface area contributed by atoms with Crippen LogP contribution in [0.2, 0.25) is 0 Å². The Morgan fingerprint density at radius 2 is 1.81 bits per heavy atom. The molecule has 1 aliphatic heterocycles. The Balaban J connectivity index is 1.58. The van der Waals surface area contributed by atoms with Crippen molar-refractivity contribution in [2.24, 2.45) is 0 Å². The lowest BCUT2D eigenvalue weighted by molar-refractivity contribution is 0.378. The summed E-state index contributed by atoms with van der Waals surface area (Å²) in [5, 5.41) is 4.02. The van der Waals surface area contributed by atoms with E-state index in [0.717, 1.165) is 64.6 Å². The number of nitrogens with zero attached hydrogens (tertiary/aromatic N) is 5. The van der Waals surface area contributed by atoms with Crippen LogP contribution in [0.25, 0.3) is 16.9 Å². The molecule has 188 valence electrons. The molecule has 0 amide bonds. The predicted molar refractivity (Wildman–Crippen MR) is 144 cm³/mol. The van der Waals surface area contributed by atoms with Gasteiger partial charge in [0.25, 0.3) is 0 Å². The summed E-state index contributed by atoms with van der Waals surface area (Å²) in [5.41, 5.74) is 11.0. The SMILES string of the molecule is CCc1nc2c(C)cc(C)nc2n1-c1ccc2c(c1C)CCc1ccccc1N2C(C)c1noc(=O)[nH]1. The van der Waals surface area contributed by atoms with E-state index in [2.05, 4.69) is 82.8 Å². The standard InChI is InChI=1S/C29H30N6O2/c1-6-25-31-26-16(2)15-17(3)30-28(26)35(25)22-13-14-24-21(18(22)4)12-11-20-9-7-8-10-23(20)34(24)19(5)27-32-29(36)37-33-27/h7-10,13-15,19H,6,11-12H2,1-5H3,(H,32,33,36). The monoisotopic (exact) mass is 494 g/mol. The fourth-order valence-corrected chi connectivity index (χ4v) is 5.72. The van der Waals surface area contributed by atoms with Gasteiger partial charge >= 0.3 is 5.76 Å². The van der Waals surface area contributed by atoms with Crippen LogP contribution in [0.4, 0.5) is 11.4 Å². The summed E-state index contributed by atoms with van der Waals surface area (Å²) in [4.78, 5) is 26.7. The van der Waals surface area contributed by atoms with Crippen LogP contribution < -0.4 is 10.7 Å². The number of nitrogens with one attached hydrogen (secondary N) is 1. The van der Waals surface area contributed by atoms with E-state index in [1.807, 2.05) is 13.8 Å². The number of aromatic amines is 1. The first-order valence-corrected chi connectivity index (χ1v) is 12.8. The number of aromatic nitrogens is 5. The molecule has 0 spiro atoms. The van der Waals surface area contributed by atoms with Gasteiger partial charge in [0, 0.05) is 23.5 Å². The number of pyridine rings is 1. The Kier molecular flexibility index (Phi) is 5.47. The highest BCUT2D eigenvalue weighted by molar-refractivity contribution is 5.80. The fourth-order valence-electron chi connectivity index (χ4n) is 5.72. The van der Waals surface area contributed by atoms with Crippen LogP contribution in [0.5, 0.6) is 0 Å². The third-order valence-corrected chi connectivity index (χ3v) is 7.50. The zero-order chi connectivity index (χ0) is 25.8. The zero-order valence-corrected chi connectivity index (χ0v) is 21.8. The maximum Gasteiger partial charge on any atom is 0.438 e. The number of hydrogen-bond acceptors (Lipinski definition) is 6. The van der Waals surface area contributed by atoms with Crippen molar-refractivity contribution in [3.05, 3.63) is 92.6 Å². The Morgan fingerprint density at radius 1 is 1.03 bits per heavy atom. The molecule has 37 heavy (non-hydrogen) atoms. The second-order valence-electron chi connectivity index (χ2n) is 9.83. The normalized spacial score (nSPS) is 13.9. The second kappa shape index (κ2) is 8.73. The molecule has 8 nitrogen and oxygen atoms in total. The van der Waals surface area contributed by atoms with Crippen LogP contribution in [0, 0.1) is 20.8 Å². The second-order valence-corrected chi connectivity index (χ2v) is 9.83. The predicted octanol–water partition coefficient (Wildman–Crippen LogP) is 5.58. The van der Waals surface area contributed by atoms with Gasteiger partial charge in [-0.05, 0) is 87.1 Å². The molecular formula is C29H30N6O2. The maximum absolute atomic E-state index is 11.8. The minimum absolute atomic E-state index is 0.234. The van der Waals surface area contributed by atoms with Crippen molar-refractivity contribution in [2.75, 3.05) is 4.90 Å². The van der Waals surface area contributed by atoms with Crippen molar-refractivity contribution in [3.63, 3.8) is 0 Å². The number of para-hydroxylation sites is 1. The van der Waals surface area contributed by atoms with Gasteiger partial charge < -0.3 is 4.90 Å². The van der Waals surface area contributed by atoms with Gasteiger partial charge in [-0.2, -0.15) is 0 Å². The zero-order valence-electron chi connectivity index (χ0n) is 21.8. The lowest BCUT2D eigenvalue weighted by Crippen LogP contribution is -2.24. The van der Waals surface area contributed by atoms with Crippen molar-refractivity contribution >= 4 is 22.5 Å². The van der Waals surface area contributed by atoms with E-state index in [1.54, 1.807) is 0 Å². The number of imidazole rings is 1. The molecule has 1 N–H and O–H groups in total. The lowest BCUT2D eigenvalue weighted by Gasteiger charge is -2.32. The molecular weight excluding hydrogens is 464 g/mol. The molecule has 1 aliphatic rings. The van der Waals surface area contributed by atoms with E-state index in [0.29, 0.717) is 5.82 Å². The van der Waals surface area contributed by atoms with E-state index < -0.39 is 5.76 Å². The van der Waals surface area contributed by atoms with Gasteiger partial charge in [0.1, 0.15) is 11.3 Å². The van der Waals surface area contributed by atoms with E-state index in [-0.39, 0.29) is 6.04 Å². The number of aryl methyl sites for hydroxylation is 4. The van der Waals surface area contributed by atoms with Gasteiger partial charge in [-0.3, -0.25) is 14.1 Å². The van der Waals surface area contributed by atoms with Crippen molar-refractivity contribution < 1.29 is 4.52 Å². The van der Waals surface area contributed by atoms with Gasteiger partial charge in [-0.25, -0.2) is 14.8 Å². The maximum atomic E-state index is 11.8. The third kappa shape index (κ3) is 3.66. The van der Waals surface area contributed by atoms with Gasteiger partial charge in [0.05, 0.1) is 11.7 Å². The van der Waals surface area contributed by atoms with Crippen molar-refractivity contribution in [2.45, 2.75) is 59.9 Å². The van der Waals surface area contributed by atoms with Crippen LogP contribution in [0.1, 0.15) is 59.5 Å². The first kappa shape index (κ1) is 23.2. The summed E-state index contributed by atoms with van der Waals surface area (Å²) < 4.78 is 7.08. The van der Waals surface area contributed by atoms with Crippen LogP contribution in [0.15, 0.2) is 51.8 Å². The third-order valence-electron chi connectivity index (χ3n) is 7.50. The van der Waals surface area contributed by atoms with Crippen molar-refractivity contribution in [1.82, 2.24) is 24.7 Å². The summed E-state index contributed by atoms with van der Waals surface area (Å²) in [6.45, 7) is 10.5. The Labute approximate surface area is 215 Å². The first-order chi connectivity index (χ1) is 17.9. The van der Waals surface area contributed by atoms with E-state index in [1.165, 1.54) is 16.7 Å². The van der Waals surface area contributed by atoms with Gasteiger partial charge in [0.15, 0.2) is 11.5 Å². The largest absolute Gasteiger partial charge is 0.438 e. The summed E-state index contributed by atoms with van der Waals surface area (Å²) in [7, 11) is 0. The van der Waals surface area contributed by atoms with Gasteiger partial charge in [0.2, 0.25) is 0 Å². The quantitative estimate of drug-likeness (QED) is 0.350. The molecule has 4 heterocycles. The number of H-pyrrole nitrogens is 1. The van der Waals surface area contributed by atoms with Gasteiger partial charge in [-0.15, -0.1) is 0 Å². The minimum Gasteiger partial charge on any atom is -0.330 e. The molecule has 5 aromatic rings.